The highest BCUT2D eigenvalue weighted by Crippen LogP contribution is 2.27. The standard InChI is InChI=1S/C17H19Cl2N/c1-3-17(13-7-6-8-14(18)11-13)20-12(2)15-9-4-5-10-16(15)19/h4-12,17,20H,3H2,1-2H3/t12-,17?/m0/s1. The normalized spacial score (nSPS) is 14.0. The van der Waals surface area contributed by atoms with E-state index >= 15 is 0 Å². The van der Waals surface area contributed by atoms with Gasteiger partial charge in [0.2, 0.25) is 0 Å². The van der Waals surface area contributed by atoms with Gasteiger partial charge in [-0.2, -0.15) is 0 Å². The van der Waals surface area contributed by atoms with Gasteiger partial charge in [0.05, 0.1) is 0 Å². The molecule has 2 atom stereocenters. The van der Waals surface area contributed by atoms with Gasteiger partial charge in [-0.1, -0.05) is 60.5 Å². The third kappa shape index (κ3) is 3.76. The van der Waals surface area contributed by atoms with Crippen LogP contribution in [0.15, 0.2) is 48.5 Å². The molecule has 2 aromatic rings. The minimum atomic E-state index is 0.188. The van der Waals surface area contributed by atoms with Crippen molar-refractivity contribution in [3.63, 3.8) is 0 Å². The Morgan fingerprint density at radius 2 is 1.80 bits per heavy atom. The van der Waals surface area contributed by atoms with Gasteiger partial charge in [-0.15, -0.1) is 0 Å². The van der Waals surface area contributed by atoms with Crippen LogP contribution in [0.4, 0.5) is 0 Å². The Labute approximate surface area is 130 Å². The van der Waals surface area contributed by atoms with Crippen LogP contribution < -0.4 is 5.32 Å². The first-order chi connectivity index (χ1) is 9.61. The van der Waals surface area contributed by atoms with Gasteiger partial charge >= 0.3 is 0 Å². The first-order valence-electron chi connectivity index (χ1n) is 6.87. The number of rotatable bonds is 5. The zero-order valence-electron chi connectivity index (χ0n) is 11.7. The van der Waals surface area contributed by atoms with Crippen LogP contribution in [0, 0.1) is 0 Å². The van der Waals surface area contributed by atoms with E-state index in [-0.39, 0.29) is 12.1 Å². The Hall–Kier alpha value is -1.02. The molecule has 0 aliphatic rings. The number of halogens is 2. The summed E-state index contributed by atoms with van der Waals surface area (Å²) in [6.45, 7) is 4.30. The Balaban J connectivity index is 2.16. The summed E-state index contributed by atoms with van der Waals surface area (Å²) in [6, 6.07) is 16.4. The Morgan fingerprint density at radius 1 is 1.05 bits per heavy atom. The topological polar surface area (TPSA) is 12.0 Å². The average Bonchev–Trinajstić information content (AvgIpc) is 2.45. The molecule has 106 valence electrons. The SMILES string of the molecule is CCC(N[C@@H](C)c1ccccc1Cl)c1cccc(Cl)c1. The second kappa shape index (κ2) is 7.12. The van der Waals surface area contributed by atoms with Crippen molar-refractivity contribution >= 4 is 23.2 Å². The fourth-order valence-corrected chi connectivity index (χ4v) is 2.89. The molecular formula is C17H19Cl2N. The lowest BCUT2D eigenvalue weighted by Crippen LogP contribution is -2.24. The molecule has 0 bridgehead atoms. The van der Waals surface area contributed by atoms with Crippen LogP contribution >= 0.6 is 23.2 Å². The van der Waals surface area contributed by atoms with E-state index in [1.165, 1.54) is 5.56 Å². The maximum absolute atomic E-state index is 6.26. The molecule has 2 aromatic carbocycles. The molecule has 0 aliphatic heterocycles. The molecule has 20 heavy (non-hydrogen) atoms. The van der Waals surface area contributed by atoms with Crippen LogP contribution in [-0.4, -0.2) is 0 Å². The summed E-state index contributed by atoms with van der Waals surface area (Å²) < 4.78 is 0. The zero-order valence-corrected chi connectivity index (χ0v) is 13.2. The van der Waals surface area contributed by atoms with E-state index in [0.717, 1.165) is 22.0 Å². The van der Waals surface area contributed by atoms with Crippen molar-refractivity contribution in [1.29, 1.82) is 0 Å². The summed E-state index contributed by atoms with van der Waals surface area (Å²) >= 11 is 12.3. The number of benzene rings is 2. The fraction of sp³-hybridized carbons (Fsp3) is 0.294. The largest absolute Gasteiger partial charge is 0.303 e. The van der Waals surface area contributed by atoms with Crippen LogP contribution in [0.2, 0.25) is 10.0 Å². The smallest absolute Gasteiger partial charge is 0.0453 e. The Kier molecular flexibility index (Phi) is 5.47. The summed E-state index contributed by atoms with van der Waals surface area (Å²) in [7, 11) is 0. The first-order valence-corrected chi connectivity index (χ1v) is 7.63. The second-order valence-electron chi connectivity index (χ2n) is 4.93. The van der Waals surface area contributed by atoms with Crippen LogP contribution in [0.5, 0.6) is 0 Å². The van der Waals surface area contributed by atoms with Crippen molar-refractivity contribution in [2.75, 3.05) is 0 Å². The first kappa shape index (κ1) is 15.4. The fourth-order valence-electron chi connectivity index (χ4n) is 2.39. The maximum atomic E-state index is 6.26. The molecule has 0 radical (unpaired) electrons. The van der Waals surface area contributed by atoms with Crippen molar-refractivity contribution in [3.8, 4) is 0 Å². The molecule has 0 saturated heterocycles. The van der Waals surface area contributed by atoms with Crippen molar-refractivity contribution < 1.29 is 0 Å². The lowest BCUT2D eigenvalue weighted by Gasteiger charge is -2.24. The van der Waals surface area contributed by atoms with E-state index in [2.05, 4.69) is 31.3 Å². The molecule has 0 fully saturated rings. The Bertz CT molecular complexity index is 568. The molecule has 0 aromatic heterocycles. The monoisotopic (exact) mass is 307 g/mol. The molecule has 0 saturated carbocycles. The summed E-state index contributed by atoms with van der Waals surface area (Å²) in [6.07, 6.45) is 0.995. The molecule has 0 amide bonds. The predicted octanol–water partition coefficient (Wildman–Crippen LogP) is 5.80. The zero-order chi connectivity index (χ0) is 14.5. The third-order valence-electron chi connectivity index (χ3n) is 3.48. The van der Waals surface area contributed by atoms with Crippen LogP contribution in [0.1, 0.15) is 43.5 Å². The quantitative estimate of drug-likeness (QED) is 0.736. The van der Waals surface area contributed by atoms with Crippen molar-refractivity contribution in [1.82, 2.24) is 5.32 Å². The highest BCUT2D eigenvalue weighted by molar-refractivity contribution is 6.31. The van der Waals surface area contributed by atoms with E-state index in [9.17, 15) is 0 Å². The minimum Gasteiger partial charge on any atom is -0.303 e. The van der Waals surface area contributed by atoms with E-state index in [4.69, 9.17) is 23.2 Å². The molecular weight excluding hydrogens is 289 g/mol. The molecule has 1 nitrogen and oxygen atoms in total. The lowest BCUT2D eigenvalue weighted by molar-refractivity contribution is 0.456. The van der Waals surface area contributed by atoms with Gasteiger partial charge < -0.3 is 5.32 Å². The van der Waals surface area contributed by atoms with E-state index in [1.54, 1.807) is 0 Å². The van der Waals surface area contributed by atoms with Gasteiger partial charge in [-0.25, -0.2) is 0 Å². The highest BCUT2D eigenvalue weighted by atomic mass is 35.5. The van der Waals surface area contributed by atoms with Crippen molar-refractivity contribution in [2.45, 2.75) is 32.4 Å². The van der Waals surface area contributed by atoms with Crippen LogP contribution in [0.3, 0.4) is 0 Å². The third-order valence-corrected chi connectivity index (χ3v) is 4.06. The van der Waals surface area contributed by atoms with Crippen molar-refractivity contribution in [3.05, 3.63) is 69.7 Å². The van der Waals surface area contributed by atoms with Gasteiger partial charge in [0.25, 0.3) is 0 Å². The van der Waals surface area contributed by atoms with Gasteiger partial charge in [0, 0.05) is 22.1 Å². The summed E-state index contributed by atoms with van der Waals surface area (Å²) in [5, 5.41) is 5.20. The molecule has 1 unspecified atom stereocenters. The lowest BCUT2D eigenvalue weighted by atomic mass is 10.0. The molecule has 2 rings (SSSR count). The molecule has 0 aliphatic carbocycles. The molecule has 0 spiro atoms. The van der Waals surface area contributed by atoms with Crippen molar-refractivity contribution in [2.24, 2.45) is 0 Å². The average molecular weight is 308 g/mol. The predicted molar refractivity (Wildman–Crippen MR) is 87.5 cm³/mol. The molecule has 0 heterocycles. The number of nitrogens with one attached hydrogen (secondary N) is 1. The summed E-state index contributed by atoms with van der Waals surface area (Å²) in [4.78, 5) is 0. The summed E-state index contributed by atoms with van der Waals surface area (Å²) in [5.74, 6) is 0. The Morgan fingerprint density at radius 3 is 2.45 bits per heavy atom. The number of hydrogen-bond acceptors (Lipinski definition) is 1. The van der Waals surface area contributed by atoms with Gasteiger partial charge in [0.15, 0.2) is 0 Å². The molecule has 3 heteroatoms. The van der Waals surface area contributed by atoms with E-state index < -0.39 is 0 Å². The van der Waals surface area contributed by atoms with E-state index in [0.29, 0.717) is 0 Å². The molecule has 1 N–H and O–H groups in total. The van der Waals surface area contributed by atoms with Gasteiger partial charge in [0.1, 0.15) is 0 Å². The highest BCUT2D eigenvalue weighted by Gasteiger charge is 2.15. The summed E-state index contributed by atoms with van der Waals surface area (Å²) in [5.41, 5.74) is 2.33. The van der Waals surface area contributed by atoms with Gasteiger partial charge in [-0.05, 0) is 42.7 Å². The minimum absolute atomic E-state index is 0.188. The van der Waals surface area contributed by atoms with Crippen LogP contribution in [-0.2, 0) is 0 Å². The number of hydrogen-bond donors (Lipinski definition) is 1. The second-order valence-corrected chi connectivity index (χ2v) is 5.77. The van der Waals surface area contributed by atoms with Crippen LogP contribution in [0.25, 0.3) is 0 Å². The maximum Gasteiger partial charge on any atom is 0.0453 e. The van der Waals surface area contributed by atoms with E-state index in [1.807, 2.05) is 36.4 Å². The van der Waals surface area contributed by atoms with Gasteiger partial charge in [-0.3, -0.25) is 0 Å².